The van der Waals surface area contributed by atoms with Crippen LogP contribution in [0.5, 0.6) is 0 Å². The van der Waals surface area contributed by atoms with Crippen LogP contribution in [-0.2, 0) is 14.2 Å². The van der Waals surface area contributed by atoms with E-state index in [0.717, 1.165) is 51.8 Å². The fourth-order valence-electron chi connectivity index (χ4n) is 2.51. The summed E-state index contributed by atoms with van der Waals surface area (Å²) in [7, 11) is 1.66. The second kappa shape index (κ2) is 15.8. The highest BCUT2D eigenvalue weighted by Crippen LogP contribution is 2.09. The van der Waals surface area contributed by atoms with Crippen LogP contribution < -0.4 is 10.6 Å². The number of β-amino-alcohol motifs (C(OH)–C–C–N with tert-alkyl or cyclic N) is 1. The minimum Gasteiger partial charge on any atom is -0.387 e. The predicted octanol–water partition coefficient (Wildman–Crippen LogP) is 0.296. The van der Waals surface area contributed by atoms with E-state index in [4.69, 9.17) is 14.2 Å². The Bertz CT molecular complexity index is 367. The number of rotatable bonds is 12. The predicted molar refractivity (Wildman–Crippen MR) is 115 cm³/mol. The summed E-state index contributed by atoms with van der Waals surface area (Å²) in [5.74, 6) is 0.724. The molecule has 1 aliphatic heterocycles. The highest BCUT2D eigenvalue weighted by Gasteiger charge is 2.25. The van der Waals surface area contributed by atoms with E-state index >= 15 is 0 Å². The molecule has 0 amide bonds. The van der Waals surface area contributed by atoms with Crippen molar-refractivity contribution >= 4 is 29.9 Å². The average Bonchev–Trinajstić information content (AvgIpc) is 2.59. The Hall–Kier alpha value is -0.200. The summed E-state index contributed by atoms with van der Waals surface area (Å²) in [4.78, 5) is 6.74. The van der Waals surface area contributed by atoms with Crippen molar-refractivity contribution in [3.05, 3.63) is 0 Å². The number of ether oxygens (including phenoxy) is 3. The molecule has 1 unspecified atom stereocenters. The third kappa shape index (κ3) is 13.0. The zero-order valence-electron chi connectivity index (χ0n) is 16.5. The molecule has 0 aromatic carbocycles. The van der Waals surface area contributed by atoms with Crippen molar-refractivity contribution in [1.29, 1.82) is 0 Å². The number of hydrogen-bond acceptors (Lipinski definition) is 6. The van der Waals surface area contributed by atoms with E-state index in [1.165, 1.54) is 0 Å². The highest BCUT2D eigenvalue weighted by atomic mass is 127. The zero-order valence-corrected chi connectivity index (χ0v) is 18.8. The van der Waals surface area contributed by atoms with Crippen molar-refractivity contribution in [1.82, 2.24) is 15.5 Å². The van der Waals surface area contributed by atoms with E-state index in [-0.39, 0.29) is 24.0 Å². The quantitative estimate of drug-likeness (QED) is 0.158. The molecule has 0 radical (unpaired) electrons. The summed E-state index contributed by atoms with van der Waals surface area (Å²) < 4.78 is 15.7. The minimum absolute atomic E-state index is 0. The van der Waals surface area contributed by atoms with Crippen molar-refractivity contribution < 1.29 is 19.3 Å². The van der Waals surface area contributed by atoms with Gasteiger partial charge in [-0.05, 0) is 20.3 Å². The molecule has 0 bridgehead atoms. The van der Waals surface area contributed by atoms with Crippen LogP contribution in [0, 0.1) is 0 Å². The number of nitrogens with one attached hydrogen (secondary N) is 2. The molecule has 1 heterocycles. The van der Waals surface area contributed by atoms with Gasteiger partial charge in [0.25, 0.3) is 0 Å². The fraction of sp³-hybridized carbons (Fsp3) is 0.941. The van der Waals surface area contributed by atoms with E-state index < -0.39 is 5.60 Å². The first-order valence-electron chi connectivity index (χ1n) is 9.19. The Morgan fingerprint density at radius 2 is 1.96 bits per heavy atom. The second-order valence-electron chi connectivity index (χ2n) is 6.47. The third-order valence-electron chi connectivity index (χ3n) is 3.78. The maximum Gasteiger partial charge on any atom is 0.191 e. The van der Waals surface area contributed by atoms with Crippen molar-refractivity contribution in [3.8, 4) is 0 Å². The van der Waals surface area contributed by atoms with Crippen LogP contribution in [0.15, 0.2) is 4.99 Å². The molecule has 1 atom stereocenters. The molecule has 0 aromatic heterocycles. The lowest BCUT2D eigenvalue weighted by Crippen LogP contribution is -2.48. The molecule has 9 heteroatoms. The third-order valence-corrected chi connectivity index (χ3v) is 3.78. The van der Waals surface area contributed by atoms with Crippen LogP contribution in [0.1, 0.15) is 20.3 Å². The van der Waals surface area contributed by atoms with Gasteiger partial charge in [-0.1, -0.05) is 0 Å². The van der Waals surface area contributed by atoms with Gasteiger partial charge in [0.1, 0.15) is 0 Å². The molecule has 3 N–H and O–H groups in total. The van der Waals surface area contributed by atoms with Gasteiger partial charge in [-0.15, -0.1) is 24.0 Å². The first-order chi connectivity index (χ1) is 12.1. The molecule has 156 valence electrons. The number of morpholine rings is 1. The van der Waals surface area contributed by atoms with E-state index in [9.17, 15) is 5.11 Å². The van der Waals surface area contributed by atoms with Gasteiger partial charge in [-0.2, -0.15) is 0 Å². The van der Waals surface area contributed by atoms with Crippen molar-refractivity contribution in [3.63, 3.8) is 0 Å². The van der Waals surface area contributed by atoms with Gasteiger partial charge < -0.3 is 30.0 Å². The lowest BCUT2D eigenvalue weighted by Gasteiger charge is -2.33. The first kappa shape index (κ1) is 25.8. The number of aliphatic imine (C=N–C) groups is 1. The number of guanidine groups is 1. The molecule has 1 rings (SSSR count). The Kier molecular flexibility index (Phi) is 15.7. The number of aliphatic hydroxyl groups is 1. The van der Waals surface area contributed by atoms with Crippen LogP contribution in [0.3, 0.4) is 0 Å². The first-order valence-corrected chi connectivity index (χ1v) is 9.19. The minimum atomic E-state index is -0.858. The van der Waals surface area contributed by atoms with Crippen LogP contribution >= 0.6 is 24.0 Å². The van der Waals surface area contributed by atoms with Crippen molar-refractivity contribution in [2.45, 2.75) is 25.9 Å². The summed E-state index contributed by atoms with van der Waals surface area (Å²) in [6.07, 6.45) is 0.887. The normalized spacial score (nSPS) is 18.1. The Morgan fingerprint density at radius 3 is 2.62 bits per heavy atom. The molecule has 1 saturated heterocycles. The number of hydrogen-bond donors (Lipinski definition) is 3. The zero-order chi connectivity index (χ0) is 18.4. The summed E-state index contributed by atoms with van der Waals surface area (Å²) in [5.41, 5.74) is -0.858. The number of methoxy groups -OCH3 is 1. The van der Waals surface area contributed by atoms with Crippen molar-refractivity contribution in [2.24, 2.45) is 4.99 Å². The fourth-order valence-corrected chi connectivity index (χ4v) is 2.51. The smallest absolute Gasteiger partial charge is 0.191 e. The second-order valence-corrected chi connectivity index (χ2v) is 6.47. The summed E-state index contributed by atoms with van der Waals surface area (Å²) >= 11 is 0. The molecular formula is C17H37IN4O4. The van der Waals surface area contributed by atoms with Crippen LogP contribution in [0.4, 0.5) is 0 Å². The van der Waals surface area contributed by atoms with Crippen molar-refractivity contribution in [2.75, 3.05) is 79.4 Å². The molecule has 1 aliphatic rings. The summed E-state index contributed by atoms with van der Waals surface area (Å²) in [6, 6.07) is 0. The SMILES string of the molecule is CCNC(=NCC(C)(O)CN1CCOCC1)NCCCOCCOC.I. The number of nitrogens with zero attached hydrogens (tertiary/aromatic N) is 2. The molecule has 8 nitrogen and oxygen atoms in total. The van der Waals surface area contributed by atoms with Gasteiger partial charge in [0, 0.05) is 46.4 Å². The lowest BCUT2D eigenvalue weighted by molar-refractivity contribution is -0.0180. The molecule has 0 aromatic rings. The monoisotopic (exact) mass is 488 g/mol. The lowest BCUT2D eigenvalue weighted by atomic mass is 10.1. The Morgan fingerprint density at radius 1 is 1.23 bits per heavy atom. The van der Waals surface area contributed by atoms with Crippen LogP contribution in [0.25, 0.3) is 0 Å². The van der Waals surface area contributed by atoms with Gasteiger partial charge in [-0.25, -0.2) is 0 Å². The van der Waals surface area contributed by atoms with E-state index in [1.807, 2.05) is 13.8 Å². The largest absolute Gasteiger partial charge is 0.387 e. The topological polar surface area (TPSA) is 87.6 Å². The molecule has 1 fully saturated rings. The molecule has 0 saturated carbocycles. The van der Waals surface area contributed by atoms with E-state index in [0.29, 0.717) is 32.9 Å². The summed E-state index contributed by atoms with van der Waals surface area (Å²) in [5, 5.41) is 17.1. The number of halogens is 1. The Labute approximate surface area is 175 Å². The summed E-state index contributed by atoms with van der Waals surface area (Å²) in [6.45, 7) is 11.5. The van der Waals surface area contributed by atoms with Gasteiger partial charge in [0.05, 0.1) is 38.6 Å². The van der Waals surface area contributed by atoms with E-state index in [2.05, 4.69) is 20.5 Å². The molecule has 0 aliphatic carbocycles. The maximum absolute atomic E-state index is 10.6. The van der Waals surface area contributed by atoms with E-state index in [1.54, 1.807) is 7.11 Å². The van der Waals surface area contributed by atoms with Gasteiger partial charge in [0.15, 0.2) is 5.96 Å². The highest BCUT2D eigenvalue weighted by molar-refractivity contribution is 14.0. The molecule has 0 spiro atoms. The van der Waals surface area contributed by atoms with Gasteiger partial charge in [-0.3, -0.25) is 9.89 Å². The van der Waals surface area contributed by atoms with Gasteiger partial charge >= 0.3 is 0 Å². The van der Waals surface area contributed by atoms with Gasteiger partial charge in [0.2, 0.25) is 0 Å². The molecular weight excluding hydrogens is 451 g/mol. The standard InChI is InChI=1S/C17H36N4O4.HI/c1-4-18-16(19-6-5-9-24-13-12-23-3)20-14-17(2,22)15-21-7-10-25-11-8-21;/h22H,4-15H2,1-3H3,(H2,18,19,20);1H. The van der Waals surface area contributed by atoms with Crippen LogP contribution in [-0.4, -0.2) is 101 Å². The Balaban J connectivity index is 0.00000625. The maximum atomic E-state index is 10.6. The average molecular weight is 488 g/mol. The van der Waals surface area contributed by atoms with Crippen LogP contribution in [0.2, 0.25) is 0 Å². The molecule has 26 heavy (non-hydrogen) atoms.